The number of hydrogen-bond acceptors (Lipinski definition) is 4. The van der Waals surface area contributed by atoms with Gasteiger partial charge in [0.2, 0.25) is 5.91 Å². The number of nitriles is 1. The monoisotopic (exact) mass is 237 g/mol. The Balaban J connectivity index is 2.31. The molecule has 1 rings (SSSR count). The molecule has 0 saturated heterocycles. The van der Waals surface area contributed by atoms with Gasteiger partial charge in [-0.25, -0.2) is 4.98 Å². The maximum atomic E-state index is 11.5. The molecule has 1 aromatic heterocycles. The van der Waals surface area contributed by atoms with Gasteiger partial charge in [-0.1, -0.05) is 6.92 Å². The van der Waals surface area contributed by atoms with Gasteiger partial charge in [-0.2, -0.15) is 5.26 Å². The van der Waals surface area contributed by atoms with Crippen LogP contribution in [0.4, 0.5) is 0 Å². The second-order valence-electron chi connectivity index (χ2n) is 3.51. The van der Waals surface area contributed by atoms with E-state index in [4.69, 9.17) is 5.26 Å². The Bertz CT molecular complexity index is 394. The lowest BCUT2D eigenvalue weighted by atomic mass is 10.1. The number of aromatic nitrogens is 1. The first-order valence-corrected chi connectivity index (χ1v) is 6.13. The van der Waals surface area contributed by atoms with Crippen molar-refractivity contribution in [2.45, 2.75) is 26.7 Å². The normalized spacial score (nSPS) is 11.8. The van der Waals surface area contributed by atoms with E-state index in [1.807, 2.05) is 25.3 Å². The predicted octanol–water partition coefficient (Wildman–Crippen LogP) is 1.66. The standard InChI is InChI=1S/C11H15N3OS/c1-3-9(6-12)11(15)13-5-4-10-14-8(2)7-16-10/h7,9H,3-5H2,1-2H3,(H,13,15). The fourth-order valence-corrected chi connectivity index (χ4v) is 2.04. The zero-order valence-electron chi connectivity index (χ0n) is 9.49. The van der Waals surface area contributed by atoms with Crippen molar-refractivity contribution < 1.29 is 4.79 Å². The Kier molecular flexibility index (Phi) is 4.93. The molecule has 4 nitrogen and oxygen atoms in total. The zero-order chi connectivity index (χ0) is 12.0. The molecule has 0 fully saturated rings. The van der Waals surface area contributed by atoms with Crippen LogP contribution in [-0.4, -0.2) is 17.4 Å². The van der Waals surface area contributed by atoms with Crippen molar-refractivity contribution in [3.63, 3.8) is 0 Å². The summed E-state index contributed by atoms with van der Waals surface area (Å²) in [4.78, 5) is 15.7. The molecule has 1 aromatic rings. The first-order valence-electron chi connectivity index (χ1n) is 5.25. The van der Waals surface area contributed by atoms with E-state index in [1.165, 1.54) is 0 Å². The van der Waals surface area contributed by atoms with Gasteiger partial charge in [-0.3, -0.25) is 4.79 Å². The lowest BCUT2D eigenvalue weighted by Gasteiger charge is -2.06. The van der Waals surface area contributed by atoms with Crippen molar-refractivity contribution in [1.29, 1.82) is 5.26 Å². The number of aryl methyl sites for hydroxylation is 1. The molecule has 0 aromatic carbocycles. The average Bonchev–Trinajstić information content (AvgIpc) is 2.66. The SMILES string of the molecule is CCC(C#N)C(=O)NCCc1nc(C)cs1. The Morgan fingerprint density at radius 3 is 3.00 bits per heavy atom. The van der Waals surface area contributed by atoms with Gasteiger partial charge in [0.05, 0.1) is 11.1 Å². The summed E-state index contributed by atoms with van der Waals surface area (Å²) in [5.41, 5.74) is 1.01. The highest BCUT2D eigenvalue weighted by atomic mass is 32.1. The lowest BCUT2D eigenvalue weighted by Crippen LogP contribution is -2.31. The van der Waals surface area contributed by atoms with Crippen LogP contribution in [0.1, 0.15) is 24.0 Å². The minimum Gasteiger partial charge on any atom is -0.355 e. The maximum Gasteiger partial charge on any atom is 0.237 e. The molecule has 0 spiro atoms. The summed E-state index contributed by atoms with van der Waals surface area (Å²) < 4.78 is 0. The van der Waals surface area contributed by atoms with Crippen LogP contribution in [0.2, 0.25) is 0 Å². The molecule has 0 bridgehead atoms. The van der Waals surface area contributed by atoms with E-state index in [0.29, 0.717) is 13.0 Å². The number of amides is 1. The smallest absolute Gasteiger partial charge is 0.237 e. The number of nitrogens with zero attached hydrogens (tertiary/aromatic N) is 2. The molecular weight excluding hydrogens is 222 g/mol. The topological polar surface area (TPSA) is 65.8 Å². The van der Waals surface area contributed by atoms with Crippen LogP contribution < -0.4 is 5.32 Å². The van der Waals surface area contributed by atoms with Gasteiger partial charge < -0.3 is 5.32 Å². The molecule has 0 aliphatic rings. The van der Waals surface area contributed by atoms with Crippen LogP contribution in [-0.2, 0) is 11.2 Å². The molecule has 86 valence electrons. The van der Waals surface area contributed by atoms with E-state index in [2.05, 4.69) is 10.3 Å². The first kappa shape index (κ1) is 12.7. The molecule has 0 aliphatic carbocycles. The minimum absolute atomic E-state index is 0.182. The van der Waals surface area contributed by atoms with Crippen molar-refractivity contribution in [3.05, 3.63) is 16.1 Å². The summed E-state index contributed by atoms with van der Waals surface area (Å²) in [5, 5.41) is 14.4. The van der Waals surface area contributed by atoms with Gasteiger partial charge in [0.15, 0.2) is 0 Å². The fourth-order valence-electron chi connectivity index (χ4n) is 1.27. The third-order valence-corrected chi connectivity index (χ3v) is 3.21. The zero-order valence-corrected chi connectivity index (χ0v) is 10.3. The second-order valence-corrected chi connectivity index (χ2v) is 4.46. The molecule has 1 atom stereocenters. The molecule has 5 heteroatoms. The molecule has 16 heavy (non-hydrogen) atoms. The number of hydrogen-bond donors (Lipinski definition) is 1. The van der Waals surface area contributed by atoms with E-state index >= 15 is 0 Å². The van der Waals surface area contributed by atoms with Crippen LogP contribution in [0.15, 0.2) is 5.38 Å². The number of carbonyl (C=O) groups is 1. The Labute approximate surface area is 99.3 Å². The van der Waals surface area contributed by atoms with E-state index in [0.717, 1.165) is 17.1 Å². The van der Waals surface area contributed by atoms with Crippen molar-refractivity contribution in [2.75, 3.05) is 6.54 Å². The predicted molar refractivity (Wildman–Crippen MR) is 63.0 cm³/mol. The third-order valence-electron chi connectivity index (χ3n) is 2.19. The molecule has 1 amide bonds. The van der Waals surface area contributed by atoms with Gasteiger partial charge in [-0.05, 0) is 13.3 Å². The van der Waals surface area contributed by atoms with Crippen LogP contribution >= 0.6 is 11.3 Å². The number of nitrogens with one attached hydrogen (secondary N) is 1. The summed E-state index contributed by atoms with van der Waals surface area (Å²) in [6.45, 7) is 4.32. The summed E-state index contributed by atoms with van der Waals surface area (Å²) in [6.07, 6.45) is 1.28. The van der Waals surface area contributed by atoms with E-state index in [1.54, 1.807) is 11.3 Å². The summed E-state index contributed by atoms with van der Waals surface area (Å²) >= 11 is 1.59. The number of thiazole rings is 1. The van der Waals surface area contributed by atoms with E-state index in [9.17, 15) is 4.79 Å². The Hall–Kier alpha value is -1.41. The highest BCUT2D eigenvalue weighted by molar-refractivity contribution is 7.09. The quantitative estimate of drug-likeness (QED) is 0.847. The molecule has 1 N–H and O–H groups in total. The average molecular weight is 237 g/mol. The third kappa shape index (κ3) is 3.63. The number of carbonyl (C=O) groups excluding carboxylic acids is 1. The van der Waals surface area contributed by atoms with Crippen molar-refractivity contribution in [2.24, 2.45) is 5.92 Å². The molecule has 0 aliphatic heterocycles. The summed E-state index contributed by atoms with van der Waals surface area (Å²) in [5.74, 6) is -0.712. The minimum atomic E-state index is -0.530. The van der Waals surface area contributed by atoms with Gasteiger partial charge >= 0.3 is 0 Å². The van der Waals surface area contributed by atoms with Gasteiger partial charge in [-0.15, -0.1) is 11.3 Å². The summed E-state index contributed by atoms with van der Waals surface area (Å²) in [6, 6.07) is 1.98. The van der Waals surface area contributed by atoms with Gasteiger partial charge in [0.25, 0.3) is 0 Å². The van der Waals surface area contributed by atoms with E-state index < -0.39 is 5.92 Å². The van der Waals surface area contributed by atoms with Crippen LogP contribution in [0.25, 0.3) is 0 Å². The second kappa shape index (κ2) is 6.23. The van der Waals surface area contributed by atoms with Crippen LogP contribution in [0.5, 0.6) is 0 Å². The molecule has 1 heterocycles. The van der Waals surface area contributed by atoms with Gasteiger partial charge in [0.1, 0.15) is 5.92 Å². The summed E-state index contributed by atoms with van der Waals surface area (Å²) in [7, 11) is 0. The lowest BCUT2D eigenvalue weighted by molar-refractivity contribution is -0.123. The van der Waals surface area contributed by atoms with Gasteiger partial charge in [0, 0.05) is 24.0 Å². The maximum absolute atomic E-state index is 11.5. The fraction of sp³-hybridized carbons (Fsp3) is 0.545. The molecule has 0 saturated carbocycles. The van der Waals surface area contributed by atoms with Crippen molar-refractivity contribution in [3.8, 4) is 6.07 Å². The largest absolute Gasteiger partial charge is 0.355 e. The van der Waals surface area contributed by atoms with E-state index in [-0.39, 0.29) is 5.91 Å². The molecule has 1 unspecified atom stereocenters. The van der Waals surface area contributed by atoms with Crippen molar-refractivity contribution >= 4 is 17.2 Å². The molecular formula is C11H15N3OS. The number of rotatable bonds is 5. The van der Waals surface area contributed by atoms with Crippen LogP contribution in [0, 0.1) is 24.2 Å². The Morgan fingerprint density at radius 1 is 1.75 bits per heavy atom. The first-order chi connectivity index (χ1) is 7.67. The molecule has 0 radical (unpaired) electrons. The Morgan fingerprint density at radius 2 is 2.50 bits per heavy atom. The highest BCUT2D eigenvalue weighted by Gasteiger charge is 2.14. The van der Waals surface area contributed by atoms with Crippen LogP contribution in [0.3, 0.4) is 0 Å². The van der Waals surface area contributed by atoms with Crippen molar-refractivity contribution in [1.82, 2.24) is 10.3 Å². The highest BCUT2D eigenvalue weighted by Crippen LogP contribution is 2.08.